The van der Waals surface area contributed by atoms with E-state index in [4.69, 9.17) is 4.74 Å². The Labute approximate surface area is 65.7 Å². The van der Waals surface area contributed by atoms with Gasteiger partial charge in [-0.15, -0.1) is 11.8 Å². The van der Waals surface area contributed by atoms with Crippen LogP contribution in [0.2, 0.25) is 0 Å². The highest BCUT2D eigenvalue weighted by Gasteiger charge is 2.29. The summed E-state index contributed by atoms with van der Waals surface area (Å²) in [5.41, 5.74) is 0. The lowest BCUT2D eigenvalue weighted by atomic mass is 10.2. The van der Waals surface area contributed by atoms with Crippen LogP contribution in [0.4, 0.5) is 0 Å². The van der Waals surface area contributed by atoms with Crippen LogP contribution in [0, 0.1) is 6.10 Å². The van der Waals surface area contributed by atoms with Crippen molar-refractivity contribution in [3.05, 3.63) is 6.10 Å². The molecule has 2 rings (SSSR count). The highest BCUT2D eigenvalue weighted by atomic mass is 32.2. The summed E-state index contributed by atoms with van der Waals surface area (Å²) in [4.78, 5) is 0. The van der Waals surface area contributed by atoms with Crippen LogP contribution in [-0.2, 0) is 4.74 Å². The van der Waals surface area contributed by atoms with Gasteiger partial charge in [0.25, 0.3) is 0 Å². The summed E-state index contributed by atoms with van der Waals surface area (Å²) >= 11 is 1.97. The number of rotatable bonds is 1. The molecule has 57 valence electrons. The third-order valence-electron chi connectivity index (χ3n) is 1.86. The maximum absolute atomic E-state index is 5.47. The van der Waals surface area contributed by atoms with Gasteiger partial charge < -0.3 is 10.1 Å². The van der Waals surface area contributed by atoms with Gasteiger partial charge in [0.2, 0.25) is 0 Å². The van der Waals surface area contributed by atoms with Crippen LogP contribution in [-0.4, -0.2) is 24.3 Å². The molecule has 2 aliphatic heterocycles. The van der Waals surface area contributed by atoms with Gasteiger partial charge in [-0.25, -0.2) is 0 Å². The predicted molar refractivity (Wildman–Crippen MR) is 42.7 cm³/mol. The topological polar surface area (TPSA) is 21.3 Å². The molecular weight excluding hydrogens is 146 g/mol. The van der Waals surface area contributed by atoms with Crippen LogP contribution >= 0.6 is 11.8 Å². The molecular formula is C7H12NOS. The van der Waals surface area contributed by atoms with Crippen molar-refractivity contribution < 1.29 is 4.74 Å². The maximum atomic E-state index is 5.47. The zero-order valence-electron chi connectivity index (χ0n) is 5.93. The minimum Gasteiger partial charge on any atom is -0.369 e. The smallest absolute Gasteiger partial charge is 0.124 e. The molecule has 2 saturated heterocycles. The molecule has 1 unspecified atom stereocenters. The molecule has 0 aromatic heterocycles. The normalized spacial score (nSPS) is 35.4. The Kier molecular flexibility index (Phi) is 2.16. The molecule has 0 aliphatic carbocycles. The Hall–Kier alpha value is 0.270. The fraction of sp³-hybridized carbons (Fsp3) is 0.857. The van der Waals surface area contributed by atoms with E-state index >= 15 is 0 Å². The van der Waals surface area contributed by atoms with Crippen molar-refractivity contribution in [2.75, 3.05) is 18.9 Å². The maximum Gasteiger partial charge on any atom is 0.124 e. The van der Waals surface area contributed by atoms with Gasteiger partial charge in [-0.3, -0.25) is 0 Å². The van der Waals surface area contributed by atoms with Crippen LogP contribution in [0.1, 0.15) is 12.8 Å². The van der Waals surface area contributed by atoms with E-state index in [0.717, 1.165) is 13.2 Å². The number of thioether (sulfide) groups is 1. The van der Waals surface area contributed by atoms with Crippen molar-refractivity contribution in [2.45, 2.75) is 18.2 Å². The zero-order valence-corrected chi connectivity index (χ0v) is 6.75. The summed E-state index contributed by atoms with van der Waals surface area (Å²) in [6.07, 6.45) is 3.67. The first-order valence-electron chi connectivity index (χ1n) is 3.80. The van der Waals surface area contributed by atoms with E-state index in [0.29, 0.717) is 5.37 Å². The molecule has 10 heavy (non-hydrogen) atoms. The van der Waals surface area contributed by atoms with Crippen LogP contribution < -0.4 is 5.32 Å². The van der Waals surface area contributed by atoms with Crippen molar-refractivity contribution >= 4 is 11.8 Å². The molecule has 0 bridgehead atoms. The van der Waals surface area contributed by atoms with Crippen LogP contribution in [0.3, 0.4) is 0 Å². The molecule has 0 amide bonds. The Bertz CT molecular complexity index is 94.2. The molecule has 2 heterocycles. The lowest BCUT2D eigenvalue weighted by molar-refractivity contribution is 0.188. The SMILES string of the molecule is C1CO[C](C2NCCS2)C1. The highest BCUT2D eigenvalue weighted by molar-refractivity contribution is 8.00. The Morgan fingerprint density at radius 2 is 2.60 bits per heavy atom. The Morgan fingerprint density at radius 3 is 3.20 bits per heavy atom. The summed E-state index contributed by atoms with van der Waals surface area (Å²) in [7, 11) is 0. The molecule has 0 saturated carbocycles. The van der Waals surface area contributed by atoms with E-state index in [1.807, 2.05) is 11.8 Å². The first kappa shape index (κ1) is 6.95. The van der Waals surface area contributed by atoms with E-state index in [9.17, 15) is 0 Å². The quantitative estimate of drug-likeness (QED) is 0.615. The summed E-state index contributed by atoms with van der Waals surface area (Å²) < 4.78 is 5.47. The summed E-state index contributed by atoms with van der Waals surface area (Å²) in [6.45, 7) is 2.08. The molecule has 0 spiro atoms. The first-order valence-corrected chi connectivity index (χ1v) is 4.85. The van der Waals surface area contributed by atoms with Gasteiger partial charge in [0.1, 0.15) is 6.10 Å². The van der Waals surface area contributed by atoms with Gasteiger partial charge >= 0.3 is 0 Å². The Morgan fingerprint density at radius 1 is 1.60 bits per heavy atom. The van der Waals surface area contributed by atoms with Crippen LogP contribution in [0.25, 0.3) is 0 Å². The summed E-state index contributed by atoms with van der Waals surface area (Å²) in [6, 6.07) is 0. The third-order valence-corrected chi connectivity index (χ3v) is 3.07. The number of nitrogens with one attached hydrogen (secondary N) is 1. The average Bonchev–Trinajstić information content (AvgIpc) is 2.59. The van der Waals surface area contributed by atoms with Gasteiger partial charge in [-0.1, -0.05) is 0 Å². The van der Waals surface area contributed by atoms with Gasteiger partial charge in [-0.05, 0) is 12.8 Å². The van der Waals surface area contributed by atoms with Gasteiger partial charge in [0.15, 0.2) is 0 Å². The van der Waals surface area contributed by atoms with Crippen molar-refractivity contribution in [1.82, 2.24) is 5.32 Å². The first-order chi connectivity index (χ1) is 4.97. The standard InChI is InChI=1S/C7H12NOS/c1-2-6(9-4-1)7-8-3-5-10-7/h7-8H,1-5H2. The van der Waals surface area contributed by atoms with Crippen LogP contribution in [0.5, 0.6) is 0 Å². The second-order valence-corrected chi connectivity index (χ2v) is 3.84. The summed E-state index contributed by atoms with van der Waals surface area (Å²) in [5.74, 6) is 1.23. The van der Waals surface area contributed by atoms with Crippen molar-refractivity contribution in [3.63, 3.8) is 0 Å². The minimum atomic E-state index is 0.516. The largest absolute Gasteiger partial charge is 0.369 e. The van der Waals surface area contributed by atoms with E-state index in [1.165, 1.54) is 24.7 Å². The second-order valence-electron chi connectivity index (χ2n) is 2.62. The molecule has 2 nitrogen and oxygen atoms in total. The zero-order chi connectivity index (χ0) is 6.81. The lowest BCUT2D eigenvalue weighted by Crippen LogP contribution is -2.26. The second kappa shape index (κ2) is 3.11. The lowest BCUT2D eigenvalue weighted by Gasteiger charge is -2.14. The van der Waals surface area contributed by atoms with Crippen molar-refractivity contribution in [3.8, 4) is 0 Å². The molecule has 3 heteroatoms. The van der Waals surface area contributed by atoms with E-state index < -0.39 is 0 Å². The monoisotopic (exact) mass is 158 g/mol. The number of hydrogen-bond donors (Lipinski definition) is 1. The average molecular weight is 158 g/mol. The highest BCUT2D eigenvalue weighted by Crippen LogP contribution is 2.31. The Balaban J connectivity index is 1.85. The van der Waals surface area contributed by atoms with Crippen molar-refractivity contribution in [1.29, 1.82) is 0 Å². The number of hydrogen-bond acceptors (Lipinski definition) is 3. The van der Waals surface area contributed by atoms with E-state index in [-0.39, 0.29) is 0 Å². The predicted octanol–water partition coefficient (Wildman–Crippen LogP) is 0.991. The van der Waals surface area contributed by atoms with E-state index in [2.05, 4.69) is 5.32 Å². The third kappa shape index (κ3) is 1.31. The summed E-state index contributed by atoms with van der Waals surface area (Å²) in [5, 5.41) is 3.92. The van der Waals surface area contributed by atoms with Crippen molar-refractivity contribution in [2.24, 2.45) is 0 Å². The molecule has 1 atom stereocenters. The molecule has 0 aromatic carbocycles. The minimum absolute atomic E-state index is 0.516. The molecule has 2 aliphatic rings. The van der Waals surface area contributed by atoms with E-state index in [1.54, 1.807) is 0 Å². The van der Waals surface area contributed by atoms with Gasteiger partial charge in [-0.2, -0.15) is 0 Å². The molecule has 1 radical (unpaired) electrons. The van der Waals surface area contributed by atoms with Gasteiger partial charge in [0.05, 0.1) is 5.37 Å². The molecule has 1 N–H and O–H groups in total. The van der Waals surface area contributed by atoms with Gasteiger partial charge in [0, 0.05) is 18.9 Å². The fourth-order valence-corrected chi connectivity index (χ4v) is 2.44. The molecule has 0 aromatic rings. The fourth-order valence-electron chi connectivity index (χ4n) is 1.36. The van der Waals surface area contributed by atoms with Crippen LogP contribution in [0.15, 0.2) is 0 Å². The number of ether oxygens (including phenoxy) is 1. The molecule has 2 fully saturated rings.